The van der Waals surface area contributed by atoms with E-state index in [1.54, 1.807) is 27.7 Å². The molecule has 0 bridgehead atoms. The minimum Gasteiger partial charge on any atom is -0.459 e. The number of rotatable bonds is 8. The van der Waals surface area contributed by atoms with Crippen molar-refractivity contribution in [1.29, 1.82) is 0 Å². The average Bonchev–Trinajstić information content (AvgIpc) is 3.13. The Morgan fingerprint density at radius 1 is 1.09 bits per heavy atom. The molecule has 184 valence electrons. The van der Waals surface area contributed by atoms with Crippen molar-refractivity contribution in [2.24, 2.45) is 0 Å². The van der Waals surface area contributed by atoms with Gasteiger partial charge in [-0.05, 0) is 39.8 Å². The number of alkyl halides is 5. The van der Waals surface area contributed by atoms with Crippen molar-refractivity contribution < 1.29 is 45.1 Å². The molecule has 0 aliphatic heterocycles. The lowest BCUT2D eigenvalue weighted by atomic mass is 10.1. The quantitative estimate of drug-likeness (QED) is 0.272. The Labute approximate surface area is 187 Å². The molecule has 1 aromatic carbocycles. The molecule has 0 N–H and O–H groups in total. The van der Waals surface area contributed by atoms with Gasteiger partial charge in [-0.15, -0.1) is 0 Å². The highest BCUT2D eigenvalue weighted by Crippen LogP contribution is 2.50. The Morgan fingerprint density at radius 2 is 1.64 bits per heavy atom. The first-order valence-electron chi connectivity index (χ1n) is 9.80. The third-order valence-electron chi connectivity index (χ3n) is 4.32. The van der Waals surface area contributed by atoms with Crippen LogP contribution in [0.5, 0.6) is 0 Å². The molecule has 1 heterocycles. The van der Waals surface area contributed by atoms with E-state index in [4.69, 9.17) is 13.8 Å². The Balaban J connectivity index is 2.32. The number of hydrogen-bond donors (Lipinski definition) is 0. The summed E-state index contributed by atoms with van der Waals surface area (Å²) in [4.78, 5) is 16.2. The van der Waals surface area contributed by atoms with Gasteiger partial charge in [0.25, 0.3) is 0 Å². The second-order valence-corrected chi connectivity index (χ2v) is 10.9. The summed E-state index contributed by atoms with van der Waals surface area (Å²) in [5, 5.41) is 3.21. The maximum atomic E-state index is 14.8. The normalized spacial score (nSPS) is 15.7. The maximum Gasteiger partial charge on any atom is 0.416 e. The van der Waals surface area contributed by atoms with E-state index in [0.29, 0.717) is 24.3 Å². The van der Waals surface area contributed by atoms with Crippen molar-refractivity contribution in [3.8, 4) is 0 Å². The average molecular weight is 498 g/mol. The summed E-state index contributed by atoms with van der Waals surface area (Å²) in [7, 11) is -3.62. The molecular formula is C20H24F5N2O5P. The topological polar surface area (TPSA) is 91.5 Å². The van der Waals surface area contributed by atoms with Gasteiger partial charge in [0.1, 0.15) is 11.3 Å². The van der Waals surface area contributed by atoms with Crippen LogP contribution in [-0.4, -0.2) is 40.6 Å². The fraction of sp³-hybridized carbons (Fsp3) is 0.550. The molecule has 33 heavy (non-hydrogen) atoms. The van der Waals surface area contributed by atoms with E-state index >= 15 is 0 Å². The summed E-state index contributed by atoms with van der Waals surface area (Å²) < 4.78 is 95.8. The lowest BCUT2D eigenvalue weighted by molar-refractivity contribution is -0.154. The van der Waals surface area contributed by atoms with E-state index < -0.39 is 66.0 Å². The van der Waals surface area contributed by atoms with Crippen LogP contribution in [0.15, 0.2) is 28.8 Å². The molecule has 0 radical (unpaired) electrons. The van der Waals surface area contributed by atoms with Crippen molar-refractivity contribution in [1.82, 2.24) is 10.1 Å². The zero-order valence-corrected chi connectivity index (χ0v) is 19.5. The van der Waals surface area contributed by atoms with E-state index in [0.717, 1.165) is 0 Å². The van der Waals surface area contributed by atoms with Crippen molar-refractivity contribution in [2.45, 2.75) is 57.5 Å². The summed E-state index contributed by atoms with van der Waals surface area (Å²) in [5.74, 6) is -6.34. The third kappa shape index (κ3) is 6.83. The van der Waals surface area contributed by atoms with E-state index in [-0.39, 0.29) is 6.61 Å². The monoisotopic (exact) mass is 498 g/mol. The molecule has 1 aromatic heterocycles. The van der Waals surface area contributed by atoms with Crippen LogP contribution in [-0.2, 0) is 37.1 Å². The molecule has 2 atom stereocenters. The molecule has 0 saturated carbocycles. The van der Waals surface area contributed by atoms with Crippen LogP contribution >= 0.6 is 7.37 Å². The number of halogens is 5. The van der Waals surface area contributed by atoms with Gasteiger partial charge in [-0.25, -0.2) is 0 Å². The van der Waals surface area contributed by atoms with Gasteiger partial charge in [0, 0.05) is 18.6 Å². The van der Waals surface area contributed by atoms with Gasteiger partial charge in [0.2, 0.25) is 19.1 Å². The number of hydrogen-bond acceptors (Lipinski definition) is 7. The first-order chi connectivity index (χ1) is 15.0. The Bertz CT molecular complexity index is 1020. The largest absolute Gasteiger partial charge is 0.459 e. The number of esters is 1. The summed E-state index contributed by atoms with van der Waals surface area (Å²) in [6, 6.07) is 2.24. The fourth-order valence-corrected chi connectivity index (χ4v) is 4.40. The number of ether oxygens (including phenoxy) is 1. The highest BCUT2D eigenvalue weighted by molar-refractivity contribution is 7.60. The smallest absolute Gasteiger partial charge is 0.416 e. The molecule has 2 rings (SSSR count). The van der Waals surface area contributed by atoms with E-state index in [9.17, 15) is 31.3 Å². The lowest BCUT2D eigenvalue weighted by Crippen LogP contribution is -2.33. The second kappa shape index (κ2) is 9.50. The molecule has 0 aliphatic carbocycles. The molecule has 0 aliphatic rings. The van der Waals surface area contributed by atoms with Crippen LogP contribution < -0.4 is 0 Å². The predicted octanol–water partition coefficient (Wildman–Crippen LogP) is 5.43. The van der Waals surface area contributed by atoms with Gasteiger partial charge in [-0.3, -0.25) is 9.36 Å². The zero-order valence-electron chi connectivity index (χ0n) is 18.6. The number of aromatic nitrogens is 2. The molecule has 0 fully saturated rings. The number of carbonyl (C=O) groups is 1. The summed E-state index contributed by atoms with van der Waals surface area (Å²) in [6.45, 7) is 7.58. The van der Waals surface area contributed by atoms with Gasteiger partial charge < -0.3 is 13.8 Å². The van der Waals surface area contributed by atoms with E-state index in [1.165, 1.54) is 6.66 Å². The molecule has 2 aromatic rings. The maximum absolute atomic E-state index is 14.8. The van der Waals surface area contributed by atoms with Crippen molar-refractivity contribution in [3.05, 3.63) is 47.1 Å². The number of benzene rings is 1. The van der Waals surface area contributed by atoms with Gasteiger partial charge in [-0.1, -0.05) is 17.3 Å². The number of carbonyl (C=O) groups excluding carboxylic acids is 1. The van der Waals surface area contributed by atoms with E-state index in [2.05, 4.69) is 10.1 Å². The summed E-state index contributed by atoms with van der Waals surface area (Å²) in [5.41, 5.74) is -4.20. The lowest BCUT2D eigenvalue weighted by Gasteiger charge is -2.26. The minimum absolute atomic E-state index is 0.0220. The first-order valence-corrected chi connectivity index (χ1v) is 11.9. The van der Waals surface area contributed by atoms with Gasteiger partial charge in [-0.2, -0.15) is 26.9 Å². The zero-order chi connectivity index (χ0) is 25.2. The molecule has 7 nitrogen and oxygen atoms in total. The molecule has 0 spiro atoms. The Morgan fingerprint density at radius 3 is 2.12 bits per heavy atom. The second-order valence-electron chi connectivity index (χ2n) is 8.24. The summed E-state index contributed by atoms with van der Waals surface area (Å²) >= 11 is 0. The molecule has 13 heteroatoms. The Hall–Kier alpha value is -2.33. The first kappa shape index (κ1) is 26.9. The van der Waals surface area contributed by atoms with Crippen LogP contribution in [0.1, 0.15) is 50.5 Å². The molecule has 2 unspecified atom stereocenters. The van der Waals surface area contributed by atoms with Gasteiger partial charge in [0.05, 0.1) is 12.2 Å². The van der Waals surface area contributed by atoms with Crippen molar-refractivity contribution in [2.75, 3.05) is 13.3 Å². The summed E-state index contributed by atoms with van der Waals surface area (Å²) in [6.07, 6.45) is -5.18. The standard InChI is InChI=1S/C20H24F5N2O5P/c1-6-30-33(5,29)14(16(28)31-18(2,3)4)11-15-26-17(27-32-15)19(21,22)12-7-9-13(10-8-12)20(23,24)25/h7-10,14H,6,11H2,1-5H3. The number of nitrogens with zero attached hydrogens (tertiary/aromatic N) is 2. The van der Waals surface area contributed by atoms with Gasteiger partial charge >= 0.3 is 18.1 Å². The Kier molecular flexibility index (Phi) is 7.75. The van der Waals surface area contributed by atoms with Crippen LogP contribution in [0.25, 0.3) is 0 Å². The predicted molar refractivity (Wildman–Crippen MR) is 107 cm³/mol. The third-order valence-corrected chi connectivity index (χ3v) is 6.62. The van der Waals surface area contributed by atoms with Gasteiger partial charge in [0.15, 0.2) is 0 Å². The van der Waals surface area contributed by atoms with Crippen LogP contribution in [0.4, 0.5) is 22.0 Å². The highest BCUT2D eigenvalue weighted by Gasteiger charge is 2.43. The molecule has 0 amide bonds. The van der Waals surface area contributed by atoms with Crippen LogP contribution in [0.3, 0.4) is 0 Å². The van der Waals surface area contributed by atoms with Crippen LogP contribution in [0.2, 0.25) is 0 Å². The van der Waals surface area contributed by atoms with Crippen molar-refractivity contribution in [3.63, 3.8) is 0 Å². The molecule has 0 saturated heterocycles. The SMILES string of the molecule is CCOP(C)(=O)C(Cc1nc(C(F)(F)c2ccc(C(F)(F)F)cc2)no1)C(=O)OC(C)(C)C. The molecular weight excluding hydrogens is 474 g/mol. The van der Waals surface area contributed by atoms with E-state index in [1.807, 2.05) is 0 Å². The highest BCUT2D eigenvalue weighted by atomic mass is 31.2. The van der Waals surface area contributed by atoms with Crippen LogP contribution in [0, 0.1) is 0 Å². The minimum atomic E-state index is -4.68. The fourth-order valence-electron chi connectivity index (χ4n) is 2.79. The van der Waals surface area contributed by atoms with Crippen molar-refractivity contribution >= 4 is 13.3 Å².